The highest BCUT2D eigenvalue weighted by atomic mass is 19.1. The Morgan fingerprint density at radius 1 is 1.45 bits per heavy atom. The number of aliphatic hydroxyl groups is 1. The molecule has 1 aromatic carbocycles. The third kappa shape index (κ3) is 4.67. The monoisotopic (exact) mass is 277 g/mol. The van der Waals surface area contributed by atoms with E-state index < -0.39 is 5.82 Å². The van der Waals surface area contributed by atoms with Gasteiger partial charge in [-0.25, -0.2) is 4.39 Å². The highest BCUT2D eigenvalue weighted by Gasteiger charge is 2.21. The molecule has 0 spiro atoms. The molecule has 0 bridgehead atoms. The van der Waals surface area contributed by atoms with Gasteiger partial charge in [-0.3, -0.25) is 4.79 Å². The summed E-state index contributed by atoms with van der Waals surface area (Å²) < 4.78 is 13.2. The molecule has 1 aromatic rings. The number of hydrogen-bond acceptors (Lipinski definition) is 2. The van der Waals surface area contributed by atoms with Gasteiger partial charge >= 0.3 is 0 Å². The Bertz CT molecular complexity index is 541. The zero-order valence-corrected chi connectivity index (χ0v) is 12.1. The molecule has 1 amide bonds. The minimum Gasteiger partial charge on any atom is -0.384 e. The maximum atomic E-state index is 13.2. The van der Waals surface area contributed by atoms with Crippen molar-refractivity contribution in [1.82, 2.24) is 5.32 Å². The van der Waals surface area contributed by atoms with Crippen LogP contribution < -0.4 is 5.32 Å². The standard InChI is InChI=1S/C16H20FNO2/c1-4-9-16(2,3)18-15(20)14-8-7-13(17)11-12(14)6-5-10-19/h7-8,11,19H,4,9-10H2,1-3H3,(H,18,20). The van der Waals surface area contributed by atoms with E-state index in [1.807, 2.05) is 20.8 Å². The maximum Gasteiger partial charge on any atom is 0.252 e. The van der Waals surface area contributed by atoms with Crippen molar-refractivity contribution < 1.29 is 14.3 Å². The van der Waals surface area contributed by atoms with Crippen LogP contribution in [-0.2, 0) is 0 Å². The molecule has 2 N–H and O–H groups in total. The van der Waals surface area contributed by atoms with Gasteiger partial charge in [0, 0.05) is 11.1 Å². The molecule has 1 rings (SSSR count). The third-order valence-corrected chi connectivity index (χ3v) is 2.86. The van der Waals surface area contributed by atoms with Gasteiger partial charge in [0.2, 0.25) is 0 Å². The maximum absolute atomic E-state index is 13.2. The van der Waals surface area contributed by atoms with E-state index in [0.29, 0.717) is 5.56 Å². The summed E-state index contributed by atoms with van der Waals surface area (Å²) in [4.78, 5) is 12.3. The average molecular weight is 277 g/mol. The number of carbonyl (C=O) groups is 1. The van der Waals surface area contributed by atoms with E-state index >= 15 is 0 Å². The van der Waals surface area contributed by atoms with Crippen LogP contribution in [0.3, 0.4) is 0 Å². The number of carbonyl (C=O) groups excluding carboxylic acids is 1. The molecule has 4 heteroatoms. The second kappa shape index (κ2) is 7.06. The molecule has 0 aromatic heterocycles. The minimum atomic E-state index is -0.461. The summed E-state index contributed by atoms with van der Waals surface area (Å²) in [5.41, 5.74) is 0.266. The van der Waals surface area contributed by atoms with Crippen LogP contribution in [-0.4, -0.2) is 23.2 Å². The lowest BCUT2D eigenvalue weighted by Crippen LogP contribution is -2.43. The van der Waals surface area contributed by atoms with Crippen LogP contribution in [0, 0.1) is 17.7 Å². The number of halogens is 1. The van der Waals surface area contributed by atoms with E-state index in [-0.39, 0.29) is 23.6 Å². The van der Waals surface area contributed by atoms with Gasteiger partial charge in [-0.05, 0) is 38.5 Å². The fraction of sp³-hybridized carbons (Fsp3) is 0.438. The van der Waals surface area contributed by atoms with Crippen molar-refractivity contribution in [2.75, 3.05) is 6.61 Å². The van der Waals surface area contributed by atoms with Crippen molar-refractivity contribution in [3.8, 4) is 11.8 Å². The molecule has 0 aliphatic rings. The minimum absolute atomic E-state index is 0.281. The van der Waals surface area contributed by atoms with Gasteiger partial charge in [0.1, 0.15) is 12.4 Å². The van der Waals surface area contributed by atoms with Gasteiger partial charge in [-0.1, -0.05) is 25.2 Å². The van der Waals surface area contributed by atoms with E-state index in [1.54, 1.807) is 0 Å². The lowest BCUT2D eigenvalue weighted by atomic mass is 9.97. The molecule has 0 saturated carbocycles. The third-order valence-electron chi connectivity index (χ3n) is 2.86. The molecular weight excluding hydrogens is 257 g/mol. The summed E-state index contributed by atoms with van der Waals surface area (Å²) >= 11 is 0. The lowest BCUT2D eigenvalue weighted by Gasteiger charge is -2.26. The first-order chi connectivity index (χ1) is 9.39. The SMILES string of the molecule is CCCC(C)(C)NC(=O)c1ccc(F)cc1C#CCO. The van der Waals surface area contributed by atoms with E-state index in [0.717, 1.165) is 12.8 Å². The zero-order valence-electron chi connectivity index (χ0n) is 12.1. The second-order valence-electron chi connectivity index (χ2n) is 5.24. The van der Waals surface area contributed by atoms with Gasteiger partial charge in [0.05, 0.1) is 5.56 Å². The number of amides is 1. The molecule has 3 nitrogen and oxygen atoms in total. The summed E-state index contributed by atoms with van der Waals surface area (Å²) in [7, 11) is 0. The first-order valence-corrected chi connectivity index (χ1v) is 6.61. The number of aliphatic hydroxyl groups excluding tert-OH is 1. The number of rotatable bonds is 4. The van der Waals surface area contributed by atoms with Crippen molar-refractivity contribution in [1.29, 1.82) is 0 Å². The lowest BCUT2D eigenvalue weighted by molar-refractivity contribution is 0.0908. The smallest absolute Gasteiger partial charge is 0.252 e. The Morgan fingerprint density at radius 3 is 2.75 bits per heavy atom. The van der Waals surface area contributed by atoms with Gasteiger partial charge in [-0.15, -0.1) is 0 Å². The van der Waals surface area contributed by atoms with Crippen molar-refractivity contribution in [3.05, 3.63) is 35.1 Å². The van der Waals surface area contributed by atoms with Gasteiger partial charge in [0.25, 0.3) is 5.91 Å². The Labute approximate surface area is 119 Å². The number of nitrogens with one attached hydrogen (secondary N) is 1. The summed E-state index contributed by atoms with van der Waals surface area (Å²) in [6.07, 6.45) is 1.80. The fourth-order valence-corrected chi connectivity index (χ4v) is 2.01. The van der Waals surface area contributed by atoms with E-state index in [9.17, 15) is 9.18 Å². The summed E-state index contributed by atoms with van der Waals surface area (Å²) in [6, 6.07) is 3.84. The quantitative estimate of drug-likeness (QED) is 0.831. The molecule has 20 heavy (non-hydrogen) atoms. The largest absolute Gasteiger partial charge is 0.384 e. The van der Waals surface area contributed by atoms with Gasteiger partial charge < -0.3 is 10.4 Å². The summed E-state index contributed by atoms with van der Waals surface area (Å²) in [5, 5.41) is 11.6. The second-order valence-corrected chi connectivity index (χ2v) is 5.24. The Kier molecular flexibility index (Phi) is 5.72. The molecule has 0 radical (unpaired) electrons. The highest BCUT2D eigenvalue weighted by molar-refractivity contribution is 5.97. The van der Waals surface area contributed by atoms with E-state index in [2.05, 4.69) is 17.2 Å². The molecule has 0 aliphatic heterocycles. The molecule has 0 atom stereocenters. The molecule has 0 heterocycles. The molecule has 0 unspecified atom stereocenters. The van der Waals surface area contributed by atoms with Crippen LogP contribution in [0.5, 0.6) is 0 Å². The van der Waals surface area contributed by atoms with Crippen molar-refractivity contribution in [3.63, 3.8) is 0 Å². The van der Waals surface area contributed by atoms with Gasteiger partial charge in [-0.2, -0.15) is 0 Å². The van der Waals surface area contributed by atoms with Crippen molar-refractivity contribution >= 4 is 5.91 Å². The van der Waals surface area contributed by atoms with E-state index in [4.69, 9.17) is 5.11 Å². The highest BCUT2D eigenvalue weighted by Crippen LogP contribution is 2.15. The van der Waals surface area contributed by atoms with Crippen molar-refractivity contribution in [2.24, 2.45) is 0 Å². The molecular formula is C16H20FNO2. The first kappa shape index (κ1) is 16.2. The van der Waals surface area contributed by atoms with Crippen molar-refractivity contribution in [2.45, 2.75) is 39.2 Å². The zero-order chi connectivity index (χ0) is 15.2. The van der Waals surface area contributed by atoms with Crippen LogP contribution in [0.2, 0.25) is 0 Å². The topological polar surface area (TPSA) is 49.3 Å². The first-order valence-electron chi connectivity index (χ1n) is 6.61. The van der Waals surface area contributed by atoms with Crippen LogP contribution in [0.25, 0.3) is 0 Å². The summed E-state index contributed by atoms with van der Waals surface area (Å²) in [5.74, 6) is 4.29. The normalized spacial score (nSPS) is 10.7. The van der Waals surface area contributed by atoms with Crippen LogP contribution in [0.1, 0.15) is 49.5 Å². The van der Waals surface area contributed by atoms with Crippen LogP contribution in [0.4, 0.5) is 4.39 Å². The van der Waals surface area contributed by atoms with Crippen LogP contribution in [0.15, 0.2) is 18.2 Å². The molecule has 0 fully saturated rings. The Hall–Kier alpha value is -1.86. The molecule has 0 aliphatic carbocycles. The fourth-order valence-electron chi connectivity index (χ4n) is 2.01. The Balaban J connectivity index is 3.03. The predicted octanol–water partition coefficient (Wildman–Crippen LogP) is 2.48. The summed E-state index contributed by atoms with van der Waals surface area (Å²) in [6.45, 7) is 5.59. The Morgan fingerprint density at radius 2 is 2.15 bits per heavy atom. The van der Waals surface area contributed by atoms with Crippen LogP contribution >= 0.6 is 0 Å². The predicted molar refractivity (Wildman–Crippen MR) is 76.8 cm³/mol. The molecule has 108 valence electrons. The van der Waals surface area contributed by atoms with Gasteiger partial charge in [0.15, 0.2) is 0 Å². The molecule has 0 saturated heterocycles. The number of benzene rings is 1. The average Bonchev–Trinajstić information content (AvgIpc) is 2.35. The van der Waals surface area contributed by atoms with E-state index in [1.165, 1.54) is 18.2 Å². The number of hydrogen-bond donors (Lipinski definition) is 2.